The lowest BCUT2D eigenvalue weighted by molar-refractivity contribution is -0.143. The third kappa shape index (κ3) is 10.4. The van der Waals surface area contributed by atoms with Crippen molar-refractivity contribution in [3.63, 3.8) is 0 Å². The van der Waals surface area contributed by atoms with Crippen LogP contribution in [0.15, 0.2) is 35.5 Å². The predicted molar refractivity (Wildman–Crippen MR) is 152 cm³/mol. The van der Waals surface area contributed by atoms with Gasteiger partial charge >= 0.3 is 11.9 Å². The zero-order chi connectivity index (χ0) is 31.4. The molecule has 0 radical (unpaired) electrons. The lowest BCUT2D eigenvalue weighted by Gasteiger charge is -2.26. The molecule has 2 rings (SSSR count). The number of aliphatic hydroxyl groups excluding tert-OH is 1. The van der Waals surface area contributed by atoms with Gasteiger partial charge in [0.15, 0.2) is 5.96 Å². The first-order valence-electron chi connectivity index (χ1n) is 13.2. The molecule has 16 heteroatoms. The molecule has 230 valence electrons. The number of aliphatic imine (C=N–C) groups is 1. The molecule has 0 saturated heterocycles. The second-order valence-corrected chi connectivity index (χ2v) is 9.74. The van der Waals surface area contributed by atoms with E-state index in [1.165, 1.54) is 6.92 Å². The van der Waals surface area contributed by atoms with Crippen molar-refractivity contribution in [3.8, 4) is 0 Å². The first-order valence-corrected chi connectivity index (χ1v) is 13.2. The number of nitrogens with two attached hydrogens (primary N) is 3. The van der Waals surface area contributed by atoms with Crippen molar-refractivity contribution in [1.29, 1.82) is 0 Å². The van der Waals surface area contributed by atoms with Crippen LogP contribution in [-0.2, 0) is 30.4 Å². The summed E-state index contributed by atoms with van der Waals surface area (Å²) in [6.45, 7) is 1.35. The van der Waals surface area contributed by atoms with Crippen LogP contribution in [0.3, 0.4) is 0 Å². The van der Waals surface area contributed by atoms with Gasteiger partial charge in [0.25, 0.3) is 0 Å². The zero-order valence-corrected chi connectivity index (χ0v) is 23.1. The molecule has 1 heterocycles. The number of aromatic amines is 1. The molecular formula is C26H38N8O8. The number of hydrogen-bond acceptors (Lipinski definition) is 8. The highest BCUT2D eigenvalue weighted by atomic mass is 16.4. The molecule has 3 amide bonds. The second kappa shape index (κ2) is 15.9. The fourth-order valence-corrected chi connectivity index (χ4v) is 4.13. The second-order valence-electron chi connectivity index (χ2n) is 9.74. The molecule has 1 aromatic carbocycles. The number of para-hydroxylation sites is 1. The van der Waals surface area contributed by atoms with E-state index >= 15 is 0 Å². The fourth-order valence-electron chi connectivity index (χ4n) is 4.13. The maximum Gasteiger partial charge on any atom is 0.326 e. The van der Waals surface area contributed by atoms with E-state index in [9.17, 15) is 34.2 Å². The zero-order valence-electron chi connectivity index (χ0n) is 23.1. The van der Waals surface area contributed by atoms with Crippen LogP contribution in [0.2, 0.25) is 0 Å². The maximum atomic E-state index is 13.1. The monoisotopic (exact) mass is 590 g/mol. The Morgan fingerprint density at radius 3 is 2.24 bits per heavy atom. The third-order valence-corrected chi connectivity index (χ3v) is 6.35. The Labute approximate surface area is 241 Å². The summed E-state index contributed by atoms with van der Waals surface area (Å²) in [5.74, 6) is -5.53. The molecule has 0 spiro atoms. The number of nitrogens with zero attached hydrogens (tertiary/aromatic N) is 1. The number of aliphatic hydroxyl groups is 1. The topological polar surface area (TPSA) is 288 Å². The summed E-state index contributed by atoms with van der Waals surface area (Å²) in [7, 11) is 0. The molecule has 0 aliphatic heterocycles. The van der Waals surface area contributed by atoms with Crippen LogP contribution in [-0.4, -0.2) is 92.7 Å². The van der Waals surface area contributed by atoms with E-state index < -0.39 is 72.8 Å². The Kier molecular flexibility index (Phi) is 12.7. The highest BCUT2D eigenvalue weighted by Gasteiger charge is 2.32. The number of aliphatic carboxylic acids is 2. The molecule has 0 aliphatic rings. The van der Waals surface area contributed by atoms with E-state index in [1.54, 1.807) is 6.20 Å². The van der Waals surface area contributed by atoms with Crippen molar-refractivity contribution in [2.45, 2.75) is 69.3 Å². The number of rotatable bonds is 17. The third-order valence-electron chi connectivity index (χ3n) is 6.35. The van der Waals surface area contributed by atoms with Gasteiger partial charge in [0, 0.05) is 30.1 Å². The number of guanidine groups is 1. The highest BCUT2D eigenvalue weighted by Crippen LogP contribution is 2.19. The van der Waals surface area contributed by atoms with Gasteiger partial charge in [-0.15, -0.1) is 0 Å². The van der Waals surface area contributed by atoms with Crippen LogP contribution in [0.4, 0.5) is 0 Å². The van der Waals surface area contributed by atoms with E-state index in [2.05, 4.69) is 25.9 Å². The van der Waals surface area contributed by atoms with Crippen molar-refractivity contribution in [2.75, 3.05) is 6.54 Å². The Balaban J connectivity index is 2.09. The van der Waals surface area contributed by atoms with Crippen LogP contribution in [0, 0.1) is 0 Å². The quantitative estimate of drug-likeness (QED) is 0.0539. The molecular weight excluding hydrogens is 552 g/mol. The lowest BCUT2D eigenvalue weighted by atomic mass is 10.0. The van der Waals surface area contributed by atoms with Crippen molar-refractivity contribution >= 4 is 46.5 Å². The minimum Gasteiger partial charge on any atom is -0.481 e. The van der Waals surface area contributed by atoms with E-state index in [-0.39, 0.29) is 31.8 Å². The molecule has 5 unspecified atom stereocenters. The molecule has 42 heavy (non-hydrogen) atoms. The highest BCUT2D eigenvalue weighted by molar-refractivity contribution is 5.95. The van der Waals surface area contributed by atoms with Crippen molar-refractivity contribution in [1.82, 2.24) is 20.9 Å². The molecule has 0 saturated carbocycles. The Morgan fingerprint density at radius 2 is 1.62 bits per heavy atom. The van der Waals surface area contributed by atoms with Crippen LogP contribution in [0.1, 0.15) is 38.2 Å². The number of nitrogens with one attached hydrogen (secondary N) is 4. The summed E-state index contributed by atoms with van der Waals surface area (Å²) >= 11 is 0. The van der Waals surface area contributed by atoms with E-state index in [1.807, 2.05) is 24.3 Å². The average Bonchev–Trinajstić information content (AvgIpc) is 3.32. The van der Waals surface area contributed by atoms with Gasteiger partial charge in [-0.25, -0.2) is 4.79 Å². The Bertz CT molecular complexity index is 1290. The normalized spacial score (nSPS) is 14.5. The van der Waals surface area contributed by atoms with Crippen LogP contribution in [0.5, 0.6) is 0 Å². The predicted octanol–water partition coefficient (Wildman–Crippen LogP) is -2.12. The molecule has 0 aliphatic carbocycles. The van der Waals surface area contributed by atoms with Crippen LogP contribution in [0.25, 0.3) is 10.9 Å². The minimum atomic E-state index is -1.55. The number of carboxylic acid groups (broad SMARTS) is 2. The summed E-state index contributed by atoms with van der Waals surface area (Å²) in [4.78, 5) is 68.5. The molecule has 16 nitrogen and oxygen atoms in total. The number of amides is 3. The van der Waals surface area contributed by atoms with Crippen LogP contribution >= 0.6 is 0 Å². The average molecular weight is 591 g/mol. The summed E-state index contributed by atoms with van der Waals surface area (Å²) in [5.41, 5.74) is 18.2. The van der Waals surface area contributed by atoms with E-state index in [0.29, 0.717) is 0 Å². The van der Waals surface area contributed by atoms with Gasteiger partial charge in [0.05, 0.1) is 12.1 Å². The Morgan fingerprint density at radius 1 is 0.952 bits per heavy atom. The van der Waals surface area contributed by atoms with Crippen molar-refractivity contribution in [3.05, 3.63) is 36.0 Å². The van der Waals surface area contributed by atoms with E-state index in [4.69, 9.17) is 22.3 Å². The van der Waals surface area contributed by atoms with Gasteiger partial charge < -0.3 is 53.5 Å². The summed E-state index contributed by atoms with van der Waals surface area (Å²) in [6.07, 6.45) is -0.384. The first-order chi connectivity index (χ1) is 19.8. The molecule has 0 bridgehead atoms. The fraction of sp³-hybridized carbons (Fsp3) is 0.462. The van der Waals surface area contributed by atoms with Gasteiger partial charge in [-0.3, -0.25) is 24.2 Å². The molecule has 13 N–H and O–H groups in total. The summed E-state index contributed by atoms with van der Waals surface area (Å²) < 4.78 is 0. The van der Waals surface area contributed by atoms with E-state index in [0.717, 1.165) is 16.5 Å². The van der Waals surface area contributed by atoms with Crippen LogP contribution < -0.4 is 33.2 Å². The number of benzene rings is 1. The molecule has 5 atom stereocenters. The number of carboxylic acids is 2. The van der Waals surface area contributed by atoms with Gasteiger partial charge in [-0.05, 0) is 44.2 Å². The number of carbonyl (C=O) groups excluding carboxylic acids is 3. The minimum absolute atomic E-state index is 0.0574. The number of fused-ring (bicyclic) bond motifs is 1. The van der Waals surface area contributed by atoms with Gasteiger partial charge in [-0.2, -0.15) is 0 Å². The lowest BCUT2D eigenvalue weighted by Crippen LogP contribution is -2.60. The molecule has 1 aromatic heterocycles. The SMILES string of the molecule is CC(O)C(NC(=O)C(N)Cc1c[nH]c2ccccc12)C(=O)NC(CCC(=O)O)C(=O)NC(CCCN=C(N)N)C(=O)O. The molecule has 2 aromatic rings. The number of aromatic nitrogens is 1. The number of carbonyl (C=O) groups is 5. The standard InChI is InChI=1S/C26H38N8O8/c1-13(35)21(34-22(38)16(27)11-14-12-31-17-6-3-2-5-15(14)17)24(40)32-18(8-9-20(36)37)23(39)33-19(25(41)42)7-4-10-30-26(28)29/h2-3,5-6,12-13,16,18-19,21,31,35H,4,7-11,27H2,1H3,(H,32,40)(H,33,39)(H,34,38)(H,36,37)(H,41,42)(H4,28,29,30). The van der Waals surface area contributed by atoms with Gasteiger partial charge in [-0.1, -0.05) is 18.2 Å². The van der Waals surface area contributed by atoms with Gasteiger partial charge in [0.2, 0.25) is 17.7 Å². The van der Waals surface area contributed by atoms with Crippen molar-refractivity contribution < 1.29 is 39.3 Å². The summed E-state index contributed by atoms with van der Waals surface area (Å²) in [6, 6.07) is 1.88. The van der Waals surface area contributed by atoms with Crippen molar-refractivity contribution in [2.24, 2.45) is 22.2 Å². The smallest absolute Gasteiger partial charge is 0.326 e. The maximum absolute atomic E-state index is 13.1. The number of hydrogen-bond donors (Lipinski definition) is 10. The largest absolute Gasteiger partial charge is 0.481 e. The Hall–Kier alpha value is -4.70. The first kappa shape index (κ1) is 33.5. The van der Waals surface area contributed by atoms with Gasteiger partial charge in [0.1, 0.15) is 18.1 Å². The number of H-pyrrole nitrogens is 1. The summed E-state index contributed by atoms with van der Waals surface area (Å²) in [5, 5.41) is 36.7. The molecule has 0 fully saturated rings.